The first-order chi connectivity index (χ1) is 11.8. The number of ether oxygens (including phenoxy) is 1. The average molecular weight is 354 g/mol. The summed E-state index contributed by atoms with van der Waals surface area (Å²) in [5.41, 5.74) is 4.92. The van der Waals surface area contributed by atoms with Crippen LogP contribution in [0.4, 0.5) is 18.9 Å². The molecule has 0 radical (unpaired) electrons. The van der Waals surface area contributed by atoms with Crippen molar-refractivity contribution in [2.45, 2.75) is 24.6 Å². The molecule has 0 atom stereocenters. The average Bonchev–Trinajstić information content (AvgIpc) is 3.06. The van der Waals surface area contributed by atoms with Gasteiger partial charge in [0, 0.05) is 18.9 Å². The number of rotatable bonds is 3. The molecule has 1 amide bonds. The van der Waals surface area contributed by atoms with Gasteiger partial charge in [0.05, 0.1) is 11.9 Å². The van der Waals surface area contributed by atoms with Gasteiger partial charge in [-0.15, -0.1) is 0 Å². The topological polar surface area (TPSA) is 82.2 Å². The van der Waals surface area contributed by atoms with Gasteiger partial charge in [0.1, 0.15) is 11.2 Å². The van der Waals surface area contributed by atoms with Gasteiger partial charge in [0.15, 0.2) is 0 Å². The van der Waals surface area contributed by atoms with Gasteiger partial charge < -0.3 is 15.8 Å². The number of carbonyl (C=O) groups excluding carboxylic acids is 1. The molecule has 0 bridgehead atoms. The Balaban J connectivity index is 1.75. The van der Waals surface area contributed by atoms with Crippen LogP contribution in [0, 0.1) is 0 Å². The number of nitrogens with one attached hydrogen (secondary N) is 1. The lowest BCUT2D eigenvalue weighted by Crippen LogP contribution is -2.54. The lowest BCUT2D eigenvalue weighted by Gasteiger charge is -2.31. The molecule has 0 unspecified atom stereocenters. The zero-order chi connectivity index (χ0) is 18.1. The molecule has 1 aliphatic heterocycles. The molecule has 1 fully saturated rings. The highest BCUT2D eigenvalue weighted by molar-refractivity contribution is 5.98. The monoisotopic (exact) mass is 354 g/mol. The molecule has 0 aliphatic carbocycles. The SMILES string of the molecule is NC1(C(=O)Nc2ccc(-n3nccc3C(F)(F)F)cc2)CCOCC1. The number of aromatic nitrogens is 2. The predicted molar refractivity (Wildman–Crippen MR) is 84.2 cm³/mol. The third-order valence-corrected chi connectivity index (χ3v) is 4.14. The summed E-state index contributed by atoms with van der Waals surface area (Å²) in [6.07, 6.45) is -2.58. The number of anilines is 1. The molecule has 0 saturated carbocycles. The van der Waals surface area contributed by atoms with E-state index in [4.69, 9.17) is 10.5 Å². The van der Waals surface area contributed by atoms with E-state index in [0.29, 0.717) is 31.7 Å². The van der Waals surface area contributed by atoms with Crippen molar-refractivity contribution in [3.63, 3.8) is 0 Å². The van der Waals surface area contributed by atoms with Crippen molar-refractivity contribution in [3.8, 4) is 5.69 Å². The fourth-order valence-electron chi connectivity index (χ4n) is 2.63. The largest absolute Gasteiger partial charge is 0.433 e. The number of nitrogens with two attached hydrogens (primary N) is 1. The number of alkyl halides is 3. The normalized spacial score (nSPS) is 17.3. The van der Waals surface area contributed by atoms with E-state index in [1.165, 1.54) is 24.3 Å². The quantitative estimate of drug-likeness (QED) is 0.886. The van der Waals surface area contributed by atoms with Crippen molar-refractivity contribution in [1.82, 2.24) is 9.78 Å². The minimum absolute atomic E-state index is 0.240. The van der Waals surface area contributed by atoms with E-state index in [2.05, 4.69) is 10.4 Å². The minimum atomic E-state index is -4.50. The highest BCUT2D eigenvalue weighted by Gasteiger charge is 2.36. The lowest BCUT2D eigenvalue weighted by molar-refractivity contribution is -0.142. The summed E-state index contributed by atoms with van der Waals surface area (Å²) in [7, 11) is 0. The summed E-state index contributed by atoms with van der Waals surface area (Å²) >= 11 is 0. The van der Waals surface area contributed by atoms with E-state index >= 15 is 0 Å². The van der Waals surface area contributed by atoms with E-state index in [1.54, 1.807) is 0 Å². The molecule has 9 heteroatoms. The molecule has 0 spiro atoms. The van der Waals surface area contributed by atoms with Gasteiger partial charge in [-0.25, -0.2) is 4.68 Å². The zero-order valence-corrected chi connectivity index (χ0v) is 13.2. The number of hydrogen-bond donors (Lipinski definition) is 2. The van der Waals surface area contributed by atoms with Crippen molar-refractivity contribution < 1.29 is 22.7 Å². The maximum absolute atomic E-state index is 12.9. The van der Waals surface area contributed by atoms with E-state index in [-0.39, 0.29) is 11.6 Å². The second kappa shape index (κ2) is 6.49. The van der Waals surface area contributed by atoms with Crippen LogP contribution in [0.5, 0.6) is 0 Å². The third-order valence-electron chi connectivity index (χ3n) is 4.14. The van der Waals surface area contributed by atoms with Crippen molar-refractivity contribution in [1.29, 1.82) is 0 Å². The summed E-state index contributed by atoms with van der Waals surface area (Å²) in [5.74, 6) is -0.335. The number of benzene rings is 1. The number of carbonyl (C=O) groups is 1. The predicted octanol–water partition coefficient (Wildman–Crippen LogP) is 2.34. The Morgan fingerprint density at radius 1 is 1.20 bits per heavy atom. The van der Waals surface area contributed by atoms with Crippen LogP contribution in [0.25, 0.3) is 5.69 Å². The fraction of sp³-hybridized carbons (Fsp3) is 0.375. The second-order valence-electron chi connectivity index (χ2n) is 5.90. The molecule has 1 saturated heterocycles. The van der Waals surface area contributed by atoms with Gasteiger partial charge in [-0.2, -0.15) is 18.3 Å². The maximum Gasteiger partial charge on any atom is 0.433 e. The molecular formula is C16H17F3N4O2. The Bertz CT molecular complexity index is 749. The molecule has 134 valence electrons. The highest BCUT2D eigenvalue weighted by atomic mass is 19.4. The third kappa shape index (κ3) is 3.67. The molecular weight excluding hydrogens is 337 g/mol. The molecule has 1 aromatic heterocycles. The molecule has 2 aromatic rings. The van der Waals surface area contributed by atoms with E-state index < -0.39 is 17.4 Å². The van der Waals surface area contributed by atoms with Gasteiger partial charge in [-0.05, 0) is 43.2 Å². The molecule has 6 nitrogen and oxygen atoms in total. The summed E-state index contributed by atoms with van der Waals surface area (Å²) in [5, 5.41) is 6.40. The van der Waals surface area contributed by atoms with Gasteiger partial charge in [0.2, 0.25) is 5.91 Å². The van der Waals surface area contributed by atoms with Crippen LogP contribution in [0.15, 0.2) is 36.5 Å². The maximum atomic E-state index is 12.9. The Hall–Kier alpha value is -2.39. The molecule has 25 heavy (non-hydrogen) atoms. The van der Waals surface area contributed by atoms with Gasteiger partial charge in [0.25, 0.3) is 0 Å². The number of nitrogens with zero attached hydrogens (tertiary/aromatic N) is 2. The summed E-state index contributed by atoms with van der Waals surface area (Å²) < 4.78 is 44.8. The van der Waals surface area contributed by atoms with Crippen LogP contribution in [-0.4, -0.2) is 34.4 Å². The van der Waals surface area contributed by atoms with Gasteiger partial charge >= 0.3 is 6.18 Å². The van der Waals surface area contributed by atoms with E-state index in [1.807, 2.05) is 0 Å². The first kappa shape index (κ1) is 17.4. The molecule has 3 N–H and O–H groups in total. The summed E-state index contributed by atoms with van der Waals surface area (Å²) in [6, 6.07) is 6.82. The zero-order valence-electron chi connectivity index (χ0n) is 13.2. The summed E-state index contributed by atoms with van der Waals surface area (Å²) in [4.78, 5) is 12.3. The van der Waals surface area contributed by atoms with Crippen molar-refractivity contribution in [2.24, 2.45) is 5.73 Å². The van der Waals surface area contributed by atoms with Crippen molar-refractivity contribution in [2.75, 3.05) is 18.5 Å². The van der Waals surface area contributed by atoms with Crippen LogP contribution < -0.4 is 11.1 Å². The first-order valence-electron chi connectivity index (χ1n) is 7.69. The first-order valence-corrected chi connectivity index (χ1v) is 7.69. The van der Waals surface area contributed by atoms with Crippen molar-refractivity contribution >= 4 is 11.6 Å². The lowest BCUT2D eigenvalue weighted by atomic mass is 9.90. The number of halogens is 3. The van der Waals surface area contributed by atoms with E-state index in [9.17, 15) is 18.0 Å². The van der Waals surface area contributed by atoms with Crippen LogP contribution in [0.1, 0.15) is 18.5 Å². The van der Waals surface area contributed by atoms with Crippen LogP contribution in [0.3, 0.4) is 0 Å². The smallest absolute Gasteiger partial charge is 0.381 e. The minimum Gasteiger partial charge on any atom is -0.381 e. The fourth-order valence-corrected chi connectivity index (χ4v) is 2.63. The van der Waals surface area contributed by atoms with Gasteiger partial charge in [-0.1, -0.05) is 0 Å². The standard InChI is InChI=1S/C16H17F3N4O2/c17-16(18,19)13-5-8-21-23(13)12-3-1-11(2-4-12)22-14(24)15(20)6-9-25-10-7-15/h1-5,8H,6-7,9-10,20H2,(H,22,24). The molecule has 1 aromatic carbocycles. The number of amides is 1. The molecule has 3 rings (SSSR count). The Kier molecular flexibility index (Phi) is 4.53. The Morgan fingerprint density at radius 3 is 2.44 bits per heavy atom. The van der Waals surface area contributed by atoms with Crippen LogP contribution >= 0.6 is 0 Å². The Labute approximate surface area is 141 Å². The van der Waals surface area contributed by atoms with Crippen LogP contribution in [0.2, 0.25) is 0 Å². The Morgan fingerprint density at radius 2 is 1.84 bits per heavy atom. The van der Waals surface area contributed by atoms with Gasteiger partial charge in [-0.3, -0.25) is 4.79 Å². The molecule has 1 aliphatic rings. The summed E-state index contributed by atoms with van der Waals surface area (Å²) in [6.45, 7) is 0.838. The van der Waals surface area contributed by atoms with E-state index in [0.717, 1.165) is 16.9 Å². The number of hydrogen-bond acceptors (Lipinski definition) is 4. The van der Waals surface area contributed by atoms with Crippen LogP contribution in [-0.2, 0) is 15.7 Å². The molecule has 2 heterocycles. The van der Waals surface area contributed by atoms with Crippen molar-refractivity contribution in [3.05, 3.63) is 42.2 Å². The second-order valence-corrected chi connectivity index (χ2v) is 5.90. The highest BCUT2D eigenvalue weighted by Crippen LogP contribution is 2.30.